The van der Waals surface area contributed by atoms with Crippen LogP contribution in [0.4, 0.5) is 5.82 Å². The zero-order chi connectivity index (χ0) is 17.9. The van der Waals surface area contributed by atoms with Gasteiger partial charge >= 0.3 is 5.97 Å². The highest BCUT2D eigenvalue weighted by molar-refractivity contribution is 6.31. The summed E-state index contributed by atoms with van der Waals surface area (Å²) in [4.78, 5) is 12.9. The molecule has 128 valence electrons. The largest absolute Gasteiger partial charge is 0.476 e. The number of piperidine rings is 1. The number of anilines is 1. The van der Waals surface area contributed by atoms with Gasteiger partial charge in [0, 0.05) is 18.1 Å². The van der Waals surface area contributed by atoms with Gasteiger partial charge in [-0.15, -0.1) is 10.2 Å². The van der Waals surface area contributed by atoms with Crippen LogP contribution in [0.15, 0.2) is 36.4 Å². The number of rotatable bonds is 4. The average Bonchev–Trinajstić information content (AvgIpc) is 2.64. The van der Waals surface area contributed by atoms with E-state index in [-0.39, 0.29) is 5.69 Å². The predicted molar refractivity (Wildman–Crippen MR) is 93.6 cm³/mol. The minimum Gasteiger partial charge on any atom is -0.476 e. The lowest BCUT2D eigenvalue weighted by Gasteiger charge is -2.38. The van der Waals surface area contributed by atoms with E-state index < -0.39 is 11.4 Å². The molecule has 2 heterocycles. The van der Waals surface area contributed by atoms with Crippen LogP contribution in [0.2, 0.25) is 5.02 Å². The van der Waals surface area contributed by atoms with Gasteiger partial charge < -0.3 is 10.0 Å². The smallest absolute Gasteiger partial charge is 0.356 e. The lowest BCUT2D eigenvalue weighted by molar-refractivity contribution is 0.0689. The van der Waals surface area contributed by atoms with Gasteiger partial charge in [0.15, 0.2) is 11.5 Å². The van der Waals surface area contributed by atoms with Crippen LogP contribution in [0, 0.1) is 16.7 Å². The van der Waals surface area contributed by atoms with Crippen molar-refractivity contribution in [1.29, 1.82) is 5.26 Å². The van der Waals surface area contributed by atoms with Crippen molar-refractivity contribution in [3.63, 3.8) is 0 Å². The Morgan fingerprint density at radius 3 is 2.52 bits per heavy atom. The topological polar surface area (TPSA) is 90.1 Å². The van der Waals surface area contributed by atoms with Crippen LogP contribution >= 0.6 is 11.6 Å². The van der Waals surface area contributed by atoms with E-state index in [0.29, 0.717) is 43.2 Å². The molecule has 1 aromatic carbocycles. The summed E-state index contributed by atoms with van der Waals surface area (Å²) in [6, 6.07) is 13.2. The molecule has 7 heteroatoms. The first kappa shape index (κ1) is 17.2. The summed E-state index contributed by atoms with van der Waals surface area (Å²) in [5.74, 6) is -0.463. The highest BCUT2D eigenvalue weighted by Crippen LogP contribution is 2.37. The molecule has 25 heavy (non-hydrogen) atoms. The van der Waals surface area contributed by atoms with Crippen molar-refractivity contribution >= 4 is 23.4 Å². The fourth-order valence-corrected chi connectivity index (χ4v) is 3.31. The van der Waals surface area contributed by atoms with Gasteiger partial charge in [0.2, 0.25) is 0 Å². The van der Waals surface area contributed by atoms with Gasteiger partial charge in [0.25, 0.3) is 0 Å². The molecule has 0 saturated carbocycles. The Morgan fingerprint density at radius 1 is 1.24 bits per heavy atom. The molecule has 1 N–H and O–H groups in total. The van der Waals surface area contributed by atoms with E-state index in [0.717, 1.165) is 5.56 Å². The summed E-state index contributed by atoms with van der Waals surface area (Å²) < 4.78 is 0. The molecule has 0 unspecified atom stereocenters. The Morgan fingerprint density at radius 2 is 1.96 bits per heavy atom. The second-order valence-electron chi connectivity index (χ2n) is 6.23. The van der Waals surface area contributed by atoms with E-state index in [9.17, 15) is 10.1 Å². The lowest BCUT2D eigenvalue weighted by atomic mass is 9.75. The molecule has 6 nitrogen and oxygen atoms in total. The minimum atomic E-state index is -1.10. The van der Waals surface area contributed by atoms with Crippen molar-refractivity contribution in [3.05, 3.63) is 52.7 Å². The van der Waals surface area contributed by atoms with E-state index >= 15 is 0 Å². The van der Waals surface area contributed by atoms with Crippen LogP contribution in [0.1, 0.15) is 28.9 Å². The van der Waals surface area contributed by atoms with E-state index in [1.165, 1.54) is 6.07 Å². The molecule has 1 aliphatic heterocycles. The lowest BCUT2D eigenvalue weighted by Crippen LogP contribution is -2.41. The molecule has 0 bridgehead atoms. The number of hydrogen-bond acceptors (Lipinski definition) is 5. The molecule has 0 amide bonds. The SMILES string of the molecule is N#CC1(Cc2ccccc2Cl)CCN(c2ccc(C(=O)O)nn2)CC1. The summed E-state index contributed by atoms with van der Waals surface area (Å²) in [5.41, 5.74) is 0.464. The van der Waals surface area contributed by atoms with Crippen LogP contribution in [0.3, 0.4) is 0 Å². The fourth-order valence-electron chi connectivity index (χ4n) is 3.11. The quantitative estimate of drug-likeness (QED) is 0.904. The van der Waals surface area contributed by atoms with Gasteiger partial charge in [-0.2, -0.15) is 5.26 Å². The highest BCUT2D eigenvalue weighted by Gasteiger charge is 2.35. The zero-order valence-corrected chi connectivity index (χ0v) is 14.3. The molecule has 0 atom stereocenters. The molecule has 0 radical (unpaired) electrons. The number of aromatic nitrogens is 2. The van der Waals surface area contributed by atoms with Crippen molar-refractivity contribution in [2.75, 3.05) is 18.0 Å². The number of carbonyl (C=O) groups is 1. The van der Waals surface area contributed by atoms with Crippen LogP contribution < -0.4 is 4.90 Å². The minimum absolute atomic E-state index is 0.0779. The number of benzene rings is 1. The molecule has 1 saturated heterocycles. The summed E-state index contributed by atoms with van der Waals surface area (Å²) >= 11 is 6.24. The van der Waals surface area contributed by atoms with Crippen molar-refractivity contribution in [1.82, 2.24) is 10.2 Å². The molecule has 2 aromatic rings. The third-order valence-corrected chi connectivity index (χ3v) is 5.01. The van der Waals surface area contributed by atoms with Gasteiger partial charge in [0.05, 0.1) is 11.5 Å². The predicted octanol–water partition coefficient (Wildman–Crippen LogP) is 3.18. The summed E-state index contributed by atoms with van der Waals surface area (Å²) in [7, 11) is 0. The maximum absolute atomic E-state index is 10.9. The molecule has 3 rings (SSSR count). The number of nitriles is 1. The first-order valence-electron chi connectivity index (χ1n) is 8.00. The number of halogens is 1. The van der Waals surface area contributed by atoms with E-state index in [1.807, 2.05) is 29.2 Å². The van der Waals surface area contributed by atoms with Gasteiger partial charge in [-0.05, 0) is 43.0 Å². The van der Waals surface area contributed by atoms with E-state index in [1.54, 1.807) is 6.07 Å². The highest BCUT2D eigenvalue weighted by atomic mass is 35.5. The third-order valence-electron chi connectivity index (χ3n) is 4.64. The number of nitrogens with zero attached hydrogens (tertiary/aromatic N) is 4. The van der Waals surface area contributed by atoms with Gasteiger partial charge in [-0.25, -0.2) is 4.79 Å². The Kier molecular flexibility index (Phi) is 4.86. The maximum Gasteiger partial charge on any atom is 0.356 e. The Hall–Kier alpha value is -2.65. The third kappa shape index (κ3) is 3.72. The number of hydrogen-bond donors (Lipinski definition) is 1. The summed E-state index contributed by atoms with van der Waals surface area (Å²) in [5, 5.41) is 27.0. The van der Waals surface area contributed by atoms with E-state index in [2.05, 4.69) is 16.3 Å². The normalized spacial score (nSPS) is 16.2. The summed E-state index contributed by atoms with van der Waals surface area (Å²) in [6.45, 7) is 1.33. The van der Waals surface area contributed by atoms with Crippen LogP contribution in [-0.2, 0) is 6.42 Å². The van der Waals surface area contributed by atoms with Crippen molar-refractivity contribution in [2.24, 2.45) is 5.41 Å². The van der Waals surface area contributed by atoms with Gasteiger partial charge in [-0.1, -0.05) is 29.8 Å². The maximum atomic E-state index is 10.9. The first-order chi connectivity index (χ1) is 12.0. The molecule has 1 fully saturated rings. The van der Waals surface area contributed by atoms with Crippen LogP contribution in [-0.4, -0.2) is 34.4 Å². The first-order valence-corrected chi connectivity index (χ1v) is 8.37. The monoisotopic (exact) mass is 356 g/mol. The average molecular weight is 357 g/mol. The zero-order valence-electron chi connectivity index (χ0n) is 13.5. The second kappa shape index (κ2) is 7.08. The number of aromatic carboxylic acids is 1. The van der Waals surface area contributed by atoms with E-state index in [4.69, 9.17) is 16.7 Å². The van der Waals surface area contributed by atoms with Gasteiger partial charge in [-0.3, -0.25) is 0 Å². The second-order valence-corrected chi connectivity index (χ2v) is 6.64. The Balaban J connectivity index is 1.70. The molecule has 0 spiro atoms. The molecule has 1 aliphatic rings. The molecular weight excluding hydrogens is 340 g/mol. The standard InChI is InChI=1S/C18H17ClN4O2/c19-14-4-2-1-3-13(14)11-18(12-20)7-9-23(10-8-18)16-6-5-15(17(24)25)21-22-16/h1-6H,7-11H2,(H,24,25). The van der Waals surface area contributed by atoms with Crippen molar-refractivity contribution in [2.45, 2.75) is 19.3 Å². The number of carboxylic acids is 1. The van der Waals surface area contributed by atoms with Crippen LogP contribution in [0.25, 0.3) is 0 Å². The molecule has 0 aliphatic carbocycles. The molecular formula is C18H17ClN4O2. The van der Waals surface area contributed by atoms with Crippen molar-refractivity contribution in [3.8, 4) is 6.07 Å². The van der Waals surface area contributed by atoms with Gasteiger partial charge in [0.1, 0.15) is 0 Å². The van der Waals surface area contributed by atoms with Crippen LogP contribution in [0.5, 0.6) is 0 Å². The molecule has 1 aromatic heterocycles. The van der Waals surface area contributed by atoms with Crippen molar-refractivity contribution < 1.29 is 9.90 Å². The fraction of sp³-hybridized carbons (Fsp3) is 0.333. The number of carboxylic acid groups (broad SMARTS) is 1. The summed E-state index contributed by atoms with van der Waals surface area (Å²) in [6.07, 6.45) is 2.01. The Labute approximate surface area is 150 Å². The Bertz CT molecular complexity index is 809.